The highest BCUT2D eigenvalue weighted by Gasteiger charge is 2.19. The van der Waals surface area contributed by atoms with Crippen LogP contribution in [0, 0.1) is 17.2 Å². The van der Waals surface area contributed by atoms with Crippen molar-refractivity contribution < 1.29 is 9.59 Å². The molecule has 0 aliphatic carbocycles. The summed E-state index contributed by atoms with van der Waals surface area (Å²) in [7, 11) is 0. The number of carbonyl (C=O) groups excluding carboxylic acids is 2. The van der Waals surface area contributed by atoms with Gasteiger partial charge in [0.05, 0.1) is 19.0 Å². The molecule has 1 aliphatic heterocycles. The van der Waals surface area contributed by atoms with Gasteiger partial charge >= 0.3 is 0 Å². The van der Waals surface area contributed by atoms with Gasteiger partial charge in [0.25, 0.3) is 0 Å². The minimum atomic E-state index is -0.0418. The van der Waals surface area contributed by atoms with Gasteiger partial charge in [-0.3, -0.25) is 9.69 Å². The molecule has 0 atom stereocenters. The van der Waals surface area contributed by atoms with Crippen LogP contribution < -0.4 is 5.32 Å². The van der Waals surface area contributed by atoms with Crippen molar-refractivity contribution in [2.45, 2.75) is 19.3 Å². The van der Waals surface area contributed by atoms with Crippen molar-refractivity contribution in [2.24, 2.45) is 5.92 Å². The highest BCUT2D eigenvalue weighted by molar-refractivity contribution is 5.78. The van der Waals surface area contributed by atoms with Gasteiger partial charge in [-0.2, -0.15) is 5.26 Å². The summed E-state index contributed by atoms with van der Waals surface area (Å²) in [5.74, 6) is 0.123. The molecule has 0 aromatic heterocycles. The SMILES string of the molecule is N#CCCNC(=O)CN1CCC(C=O)CC1. The summed E-state index contributed by atoms with van der Waals surface area (Å²) < 4.78 is 0. The molecule has 1 aliphatic rings. The highest BCUT2D eigenvalue weighted by atomic mass is 16.2. The smallest absolute Gasteiger partial charge is 0.234 e. The maximum absolute atomic E-state index is 11.4. The van der Waals surface area contributed by atoms with Crippen LogP contribution >= 0.6 is 0 Å². The standard InChI is InChI=1S/C11H17N3O2/c12-4-1-5-13-11(16)8-14-6-2-10(9-15)3-7-14/h9-10H,1-3,5-8H2,(H,13,16). The van der Waals surface area contributed by atoms with Crippen molar-refractivity contribution in [1.82, 2.24) is 10.2 Å². The minimum absolute atomic E-state index is 0.0418. The van der Waals surface area contributed by atoms with Crippen molar-refractivity contribution >= 4 is 12.2 Å². The Bertz CT molecular complexity index is 277. The van der Waals surface area contributed by atoms with Gasteiger partial charge in [0.1, 0.15) is 6.29 Å². The number of hydrogen-bond donors (Lipinski definition) is 1. The second-order valence-corrected chi connectivity index (χ2v) is 4.01. The number of nitrogens with one attached hydrogen (secondary N) is 1. The predicted octanol–water partition coefficient (Wildman–Crippen LogP) is -0.0728. The van der Waals surface area contributed by atoms with Crippen molar-refractivity contribution in [1.29, 1.82) is 5.26 Å². The van der Waals surface area contributed by atoms with E-state index in [0.717, 1.165) is 32.2 Å². The van der Waals surface area contributed by atoms with E-state index in [2.05, 4.69) is 5.32 Å². The van der Waals surface area contributed by atoms with E-state index < -0.39 is 0 Å². The summed E-state index contributed by atoms with van der Waals surface area (Å²) in [6.07, 6.45) is 3.03. The quantitative estimate of drug-likeness (QED) is 0.523. The van der Waals surface area contributed by atoms with Crippen LogP contribution in [0.1, 0.15) is 19.3 Å². The largest absolute Gasteiger partial charge is 0.354 e. The zero-order valence-electron chi connectivity index (χ0n) is 9.32. The molecule has 16 heavy (non-hydrogen) atoms. The zero-order chi connectivity index (χ0) is 11.8. The van der Waals surface area contributed by atoms with Gasteiger partial charge in [0.2, 0.25) is 5.91 Å². The van der Waals surface area contributed by atoms with Crippen LogP contribution in [0.25, 0.3) is 0 Å². The Morgan fingerprint density at radius 3 is 2.75 bits per heavy atom. The van der Waals surface area contributed by atoms with Crippen molar-refractivity contribution in [3.8, 4) is 6.07 Å². The maximum atomic E-state index is 11.4. The Labute approximate surface area is 95.4 Å². The van der Waals surface area contributed by atoms with Gasteiger partial charge in [-0.1, -0.05) is 0 Å². The topological polar surface area (TPSA) is 73.2 Å². The summed E-state index contributed by atoms with van der Waals surface area (Å²) >= 11 is 0. The molecule has 1 amide bonds. The van der Waals surface area contributed by atoms with E-state index in [-0.39, 0.29) is 11.8 Å². The van der Waals surface area contributed by atoms with Gasteiger partial charge < -0.3 is 10.1 Å². The van der Waals surface area contributed by atoms with Crippen LogP contribution in [-0.2, 0) is 9.59 Å². The molecule has 1 fully saturated rings. The Kier molecular flexibility index (Phi) is 5.51. The number of nitrogens with zero attached hydrogens (tertiary/aromatic N) is 2. The average molecular weight is 223 g/mol. The molecule has 5 heteroatoms. The van der Waals surface area contributed by atoms with Crippen LogP contribution in [-0.4, -0.2) is 43.3 Å². The molecule has 1 N–H and O–H groups in total. The van der Waals surface area contributed by atoms with E-state index in [1.165, 1.54) is 0 Å². The Hall–Kier alpha value is -1.41. The summed E-state index contributed by atoms with van der Waals surface area (Å²) in [6, 6.07) is 1.97. The molecule has 1 saturated heterocycles. The number of rotatable bonds is 5. The molecule has 0 spiro atoms. The molecule has 0 saturated carbocycles. The van der Waals surface area contributed by atoms with E-state index in [1.54, 1.807) is 0 Å². The number of likely N-dealkylation sites (tertiary alicyclic amines) is 1. The predicted molar refractivity (Wildman–Crippen MR) is 58.5 cm³/mol. The third-order valence-corrected chi connectivity index (χ3v) is 2.75. The van der Waals surface area contributed by atoms with Crippen LogP contribution in [0.2, 0.25) is 0 Å². The van der Waals surface area contributed by atoms with E-state index in [1.807, 2.05) is 11.0 Å². The first-order chi connectivity index (χ1) is 7.76. The Morgan fingerprint density at radius 1 is 1.50 bits per heavy atom. The van der Waals surface area contributed by atoms with Gasteiger partial charge in [-0.05, 0) is 25.9 Å². The van der Waals surface area contributed by atoms with Gasteiger partial charge in [0.15, 0.2) is 0 Å². The fraction of sp³-hybridized carbons (Fsp3) is 0.727. The Balaban J connectivity index is 2.16. The van der Waals surface area contributed by atoms with Crippen LogP contribution in [0.15, 0.2) is 0 Å². The summed E-state index contributed by atoms with van der Waals surface area (Å²) in [6.45, 7) is 2.39. The molecule has 0 radical (unpaired) electrons. The molecule has 0 unspecified atom stereocenters. The third kappa shape index (κ3) is 4.41. The molecule has 1 rings (SSSR count). The summed E-state index contributed by atoms with van der Waals surface area (Å²) in [5, 5.41) is 11.0. The molecular formula is C11H17N3O2. The van der Waals surface area contributed by atoms with E-state index >= 15 is 0 Å². The van der Waals surface area contributed by atoms with E-state index in [4.69, 9.17) is 5.26 Å². The van der Waals surface area contributed by atoms with Crippen molar-refractivity contribution in [3.63, 3.8) is 0 Å². The minimum Gasteiger partial charge on any atom is -0.354 e. The fourth-order valence-corrected chi connectivity index (χ4v) is 1.76. The molecule has 0 aromatic rings. The van der Waals surface area contributed by atoms with Crippen LogP contribution in [0.3, 0.4) is 0 Å². The average Bonchev–Trinajstić information content (AvgIpc) is 2.30. The number of hydrogen-bond acceptors (Lipinski definition) is 4. The number of piperidine rings is 1. The van der Waals surface area contributed by atoms with Gasteiger partial charge in [0, 0.05) is 12.5 Å². The molecule has 5 nitrogen and oxygen atoms in total. The molecule has 0 bridgehead atoms. The maximum Gasteiger partial charge on any atom is 0.234 e. The second kappa shape index (κ2) is 6.96. The number of amides is 1. The second-order valence-electron chi connectivity index (χ2n) is 4.01. The van der Waals surface area contributed by atoms with Crippen molar-refractivity contribution in [2.75, 3.05) is 26.2 Å². The first-order valence-electron chi connectivity index (χ1n) is 5.57. The monoisotopic (exact) mass is 223 g/mol. The Morgan fingerprint density at radius 2 is 2.19 bits per heavy atom. The molecule has 0 aromatic carbocycles. The number of nitriles is 1. The lowest BCUT2D eigenvalue weighted by Crippen LogP contribution is -2.41. The molecule has 88 valence electrons. The normalized spacial score (nSPS) is 17.7. The van der Waals surface area contributed by atoms with Gasteiger partial charge in [-0.25, -0.2) is 0 Å². The molecular weight excluding hydrogens is 206 g/mol. The first-order valence-corrected chi connectivity index (χ1v) is 5.57. The van der Waals surface area contributed by atoms with E-state index in [0.29, 0.717) is 19.5 Å². The fourth-order valence-electron chi connectivity index (χ4n) is 1.76. The van der Waals surface area contributed by atoms with Crippen LogP contribution in [0.5, 0.6) is 0 Å². The lowest BCUT2D eigenvalue weighted by Gasteiger charge is -2.28. The number of carbonyl (C=O) groups is 2. The zero-order valence-corrected chi connectivity index (χ0v) is 9.32. The third-order valence-electron chi connectivity index (χ3n) is 2.75. The van der Waals surface area contributed by atoms with Gasteiger partial charge in [-0.15, -0.1) is 0 Å². The number of aldehydes is 1. The lowest BCUT2D eigenvalue weighted by molar-refractivity contribution is -0.122. The highest BCUT2D eigenvalue weighted by Crippen LogP contribution is 2.14. The summed E-state index contributed by atoms with van der Waals surface area (Å²) in [4.78, 5) is 24.0. The van der Waals surface area contributed by atoms with Crippen LogP contribution in [0.4, 0.5) is 0 Å². The van der Waals surface area contributed by atoms with E-state index in [9.17, 15) is 9.59 Å². The first kappa shape index (κ1) is 12.7. The lowest BCUT2D eigenvalue weighted by atomic mass is 9.99. The van der Waals surface area contributed by atoms with Crippen molar-refractivity contribution in [3.05, 3.63) is 0 Å². The molecule has 1 heterocycles. The summed E-state index contributed by atoms with van der Waals surface area (Å²) in [5.41, 5.74) is 0.